The number of hydrazone groups is 1. The second-order valence-electron chi connectivity index (χ2n) is 7.60. The Hall–Kier alpha value is -3.62. The van der Waals surface area contributed by atoms with Gasteiger partial charge in [-0.2, -0.15) is 5.10 Å². The predicted octanol–water partition coefficient (Wildman–Crippen LogP) is 4.35. The Balaban J connectivity index is 1.51. The van der Waals surface area contributed by atoms with Gasteiger partial charge in [-0.3, -0.25) is 14.2 Å². The average molecular weight is 492 g/mol. The summed E-state index contributed by atoms with van der Waals surface area (Å²) in [6, 6.07) is 21.8. The highest BCUT2D eigenvalue weighted by atomic mass is 35.5. The van der Waals surface area contributed by atoms with E-state index in [1.165, 1.54) is 4.57 Å². The Morgan fingerprint density at radius 2 is 1.79 bits per heavy atom. The topological polar surface area (TPSA) is 79.6 Å². The molecule has 0 bridgehead atoms. The molecule has 4 rings (SSSR count). The minimum atomic E-state index is -0.309. The smallest absolute Gasteiger partial charge is 0.266 e. The summed E-state index contributed by atoms with van der Waals surface area (Å²) < 4.78 is 1.49. The lowest BCUT2D eigenvalue weighted by atomic mass is 10.2. The van der Waals surface area contributed by atoms with Gasteiger partial charge in [-0.05, 0) is 54.1 Å². The van der Waals surface area contributed by atoms with Gasteiger partial charge in [0.25, 0.3) is 11.5 Å². The van der Waals surface area contributed by atoms with E-state index in [0.29, 0.717) is 26.8 Å². The number of hydrogen-bond donors (Lipinski definition) is 1. The van der Waals surface area contributed by atoms with E-state index in [1.54, 1.807) is 48.7 Å². The van der Waals surface area contributed by atoms with E-state index in [9.17, 15) is 9.59 Å². The molecular weight excluding hydrogens is 470 g/mol. The summed E-state index contributed by atoms with van der Waals surface area (Å²) in [6.45, 7) is 0. The van der Waals surface area contributed by atoms with Gasteiger partial charge in [0.1, 0.15) is 0 Å². The molecule has 0 spiro atoms. The minimum absolute atomic E-state index is 0.0370. The molecule has 172 valence electrons. The lowest BCUT2D eigenvalue weighted by Gasteiger charge is -2.13. The van der Waals surface area contributed by atoms with Crippen molar-refractivity contribution in [1.29, 1.82) is 0 Å². The van der Waals surface area contributed by atoms with Crippen LogP contribution in [0, 0.1) is 0 Å². The number of halogens is 1. The maximum Gasteiger partial charge on any atom is 0.266 e. The van der Waals surface area contributed by atoms with E-state index in [2.05, 4.69) is 15.5 Å². The molecule has 1 N–H and O–H groups in total. The van der Waals surface area contributed by atoms with Gasteiger partial charge in [-0.1, -0.05) is 47.6 Å². The third kappa shape index (κ3) is 5.47. The average Bonchev–Trinajstić information content (AvgIpc) is 2.84. The summed E-state index contributed by atoms with van der Waals surface area (Å²) in [5.74, 6) is -0.272. The number of para-hydroxylation sites is 1. The van der Waals surface area contributed by atoms with Crippen molar-refractivity contribution in [1.82, 2.24) is 15.0 Å². The third-order valence-electron chi connectivity index (χ3n) is 4.97. The Kier molecular flexibility index (Phi) is 7.30. The van der Waals surface area contributed by atoms with Crippen molar-refractivity contribution >= 4 is 52.1 Å². The Labute approximate surface area is 206 Å². The van der Waals surface area contributed by atoms with Crippen LogP contribution >= 0.6 is 23.4 Å². The molecule has 0 unspecified atom stereocenters. The monoisotopic (exact) mass is 491 g/mol. The summed E-state index contributed by atoms with van der Waals surface area (Å²) in [4.78, 5) is 32.3. The highest BCUT2D eigenvalue weighted by molar-refractivity contribution is 7.99. The quantitative estimate of drug-likeness (QED) is 0.180. The van der Waals surface area contributed by atoms with E-state index in [-0.39, 0.29) is 17.2 Å². The molecular formula is C25H22ClN5O2S. The number of nitrogens with zero attached hydrogens (tertiary/aromatic N) is 4. The van der Waals surface area contributed by atoms with Gasteiger partial charge in [-0.15, -0.1) is 0 Å². The fourth-order valence-corrected chi connectivity index (χ4v) is 4.16. The normalized spacial score (nSPS) is 11.1. The number of thioether (sulfide) groups is 1. The van der Waals surface area contributed by atoms with Crippen LogP contribution in [0.25, 0.3) is 16.6 Å². The Morgan fingerprint density at radius 3 is 2.50 bits per heavy atom. The Bertz CT molecular complexity index is 1400. The molecule has 34 heavy (non-hydrogen) atoms. The molecule has 4 aromatic rings. The number of amides is 1. The summed E-state index contributed by atoms with van der Waals surface area (Å²) in [7, 11) is 3.94. The van der Waals surface area contributed by atoms with Crippen LogP contribution in [0.15, 0.2) is 87.8 Å². The van der Waals surface area contributed by atoms with Crippen LogP contribution in [0.5, 0.6) is 0 Å². The molecule has 0 radical (unpaired) electrons. The van der Waals surface area contributed by atoms with Gasteiger partial charge in [-0.25, -0.2) is 10.4 Å². The molecule has 0 saturated carbocycles. The van der Waals surface area contributed by atoms with Crippen molar-refractivity contribution in [2.24, 2.45) is 5.10 Å². The first kappa shape index (κ1) is 23.5. The van der Waals surface area contributed by atoms with E-state index in [4.69, 9.17) is 11.6 Å². The molecule has 0 aliphatic rings. The maximum atomic E-state index is 13.2. The van der Waals surface area contributed by atoms with Gasteiger partial charge in [0.15, 0.2) is 5.16 Å². The number of aromatic nitrogens is 2. The van der Waals surface area contributed by atoms with Gasteiger partial charge >= 0.3 is 0 Å². The van der Waals surface area contributed by atoms with Crippen LogP contribution < -0.4 is 15.9 Å². The summed E-state index contributed by atoms with van der Waals surface area (Å²) in [6.07, 6.45) is 1.58. The second-order valence-corrected chi connectivity index (χ2v) is 8.98. The van der Waals surface area contributed by atoms with Crippen LogP contribution in [0.2, 0.25) is 5.02 Å². The molecule has 0 aliphatic heterocycles. The van der Waals surface area contributed by atoms with Crippen molar-refractivity contribution in [2.75, 3.05) is 24.7 Å². The number of rotatable bonds is 7. The van der Waals surface area contributed by atoms with Crippen molar-refractivity contribution in [3.05, 3.63) is 93.7 Å². The highest BCUT2D eigenvalue weighted by Gasteiger charge is 2.14. The third-order valence-corrected chi connectivity index (χ3v) is 6.17. The first-order chi connectivity index (χ1) is 16.4. The van der Waals surface area contributed by atoms with E-state index in [1.807, 2.05) is 49.3 Å². The van der Waals surface area contributed by atoms with Crippen molar-refractivity contribution in [3.63, 3.8) is 0 Å². The lowest BCUT2D eigenvalue weighted by Crippen LogP contribution is -2.24. The number of nitrogens with one attached hydrogen (secondary N) is 1. The van der Waals surface area contributed by atoms with Crippen LogP contribution in [-0.2, 0) is 4.79 Å². The second kappa shape index (κ2) is 10.5. The van der Waals surface area contributed by atoms with Crippen molar-refractivity contribution in [2.45, 2.75) is 5.16 Å². The number of fused-ring (bicyclic) bond motifs is 1. The molecule has 3 aromatic carbocycles. The standard InChI is InChI=1S/C25H22ClN5O2S/c1-30(2)19-11-7-17(8-12-19)15-27-29-23(32)16-34-25-28-22-6-4-3-5-21(22)24(33)31(25)20-13-9-18(26)10-14-20/h3-15H,16H2,1-2H3,(H,29,32). The van der Waals surface area contributed by atoms with Crippen LogP contribution in [0.3, 0.4) is 0 Å². The molecule has 1 aromatic heterocycles. The number of carbonyl (C=O) groups is 1. The molecule has 9 heteroatoms. The molecule has 0 fully saturated rings. The highest BCUT2D eigenvalue weighted by Crippen LogP contribution is 2.22. The lowest BCUT2D eigenvalue weighted by molar-refractivity contribution is -0.118. The van der Waals surface area contributed by atoms with Gasteiger partial charge in [0.2, 0.25) is 0 Å². The molecule has 7 nitrogen and oxygen atoms in total. The zero-order valence-electron chi connectivity index (χ0n) is 18.6. The maximum absolute atomic E-state index is 13.2. The number of benzene rings is 3. The SMILES string of the molecule is CN(C)c1ccc(C=NNC(=O)CSc2nc3ccccc3c(=O)n2-c2ccc(Cl)cc2)cc1. The minimum Gasteiger partial charge on any atom is -0.378 e. The molecule has 1 amide bonds. The number of hydrogen-bond acceptors (Lipinski definition) is 6. The fourth-order valence-electron chi connectivity index (χ4n) is 3.23. The first-order valence-electron chi connectivity index (χ1n) is 10.4. The van der Waals surface area contributed by atoms with E-state index >= 15 is 0 Å². The van der Waals surface area contributed by atoms with E-state index in [0.717, 1.165) is 23.0 Å². The molecule has 1 heterocycles. The largest absolute Gasteiger partial charge is 0.378 e. The van der Waals surface area contributed by atoms with Crippen LogP contribution in [-0.4, -0.2) is 41.5 Å². The number of carbonyl (C=O) groups excluding carboxylic acids is 1. The zero-order valence-corrected chi connectivity index (χ0v) is 20.2. The van der Waals surface area contributed by atoms with Crippen molar-refractivity contribution in [3.8, 4) is 5.69 Å². The van der Waals surface area contributed by atoms with Gasteiger partial charge < -0.3 is 4.90 Å². The predicted molar refractivity (Wildman–Crippen MR) is 140 cm³/mol. The van der Waals surface area contributed by atoms with Crippen LogP contribution in [0.1, 0.15) is 5.56 Å². The number of anilines is 1. The molecule has 0 aliphatic carbocycles. The molecule has 0 atom stereocenters. The summed E-state index contributed by atoms with van der Waals surface area (Å²) >= 11 is 7.18. The van der Waals surface area contributed by atoms with Crippen molar-refractivity contribution < 1.29 is 4.79 Å². The van der Waals surface area contributed by atoms with E-state index < -0.39 is 0 Å². The Morgan fingerprint density at radius 1 is 1.09 bits per heavy atom. The summed E-state index contributed by atoms with van der Waals surface area (Å²) in [5.41, 5.74) is 5.44. The first-order valence-corrected chi connectivity index (χ1v) is 11.8. The summed E-state index contributed by atoms with van der Waals surface area (Å²) in [5, 5.41) is 5.50. The molecule has 0 saturated heterocycles. The van der Waals surface area contributed by atoms with Gasteiger partial charge in [0.05, 0.1) is 28.6 Å². The van der Waals surface area contributed by atoms with Crippen LogP contribution in [0.4, 0.5) is 5.69 Å². The van der Waals surface area contributed by atoms with Gasteiger partial charge in [0, 0.05) is 24.8 Å². The zero-order chi connectivity index (χ0) is 24.1. The fraction of sp³-hybridized carbons (Fsp3) is 0.120.